The molecule has 0 aromatic rings. The Balaban J connectivity index is 2.02. The van der Waals surface area contributed by atoms with Crippen LogP contribution in [0.3, 0.4) is 0 Å². The summed E-state index contributed by atoms with van der Waals surface area (Å²) in [7, 11) is 0. The average Bonchev–Trinajstić information content (AvgIpc) is 2.79. The lowest BCUT2D eigenvalue weighted by Crippen LogP contribution is -2.36. The average molecular weight is 210 g/mol. The van der Waals surface area contributed by atoms with Crippen molar-refractivity contribution in [2.45, 2.75) is 20.3 Å². The molecular weight excluding hydrogens is 192 g/mol. The molecular formula is C11H18N2O2. The molecule has 3 atom stereocenters. The van der Waals surface area contributed by atoms with Crippen LogP contribution in [0.4, 0.5) is 0 Å². The van der Waals surface area contributed by atoms with E-state index in [0.717, 1.165) is 19.5 Å². The monoisotopic (exact) mass is 210 g/mol. The molecule has 15 heavy (non-hydrogen) atoms. The topological polar surface area (TPSA) is 49.4 Å². The molecule has 0 radical (unpaired) electrons. The summed E-state index contributed by atoms with van der Waals surface area (Å²) in [4.78, 5) is 25.1. The van der Waals surface area contributed by atoms with E-state index in [1.165, 1.54) is 4.90 Å². The molecule has 2 saturated heterocycles. The third-order valence-corrected chi connectivity index (χ3v) is 3.66. The summed E-state index contributed by atoms with van der Waals surface area (Å²) in [5.74, 6) is 0.216. The molecule has 0 bridgehead atoms. The van der Waals surface area contributed by atoms with Gasteiger partial charge in [0.25, 0.3) is 0 Å². The Bertz CT molecular complexity index is 264. The van der Waals surface area contributed by atoms with Gasteiger partial charge < -0.3 is 5.32 Å². The van der Waals surface area contributed by atoms with Crippen LogP contribution in [0, 0.1) is 17.8 Å². The second-order valence-electron chi connectivity index (χ2n) is 4.72. The number of nitrogens with zero attached hydrogens (tertiary/aromatic N) is 1. The maximum atomic E-state index is 11.8. The van der Waals surface area contributed by atoms with Crippen LogP contribution in [-0.2, 0) is 9.59 Å². The Morgan fingerprint density at radius 2 is 1.87 bits per heavy atom. The number of nitrogens with one attached hydrogen (secondary N) is 1. The van der Waals surface area contributed by atoms with Crippen LogP contribution >= 0.6 is 0 Å². The van der Waals surface area contributed by atoms with Crippen LogP contribution in [0.5, 0.6) is 0 Å². The van der Waals surface area contributed by atoms with Gasteiger partial charge in [-0.1, -0.05) is 13.8 Å². The van der Waals surface area contributed by atoms with Crippen molar-refractivity contribution >= 4 is 11.8 Å². The fourth-order valence-electron chi connectivity index (χ4n) is 2.34. The van der Waals surface area contributed by atoms with Gasteiger partial charge in [-0.05, 0) is 25.4 Å². The van der Waals surface area contributed by atoms with Gasteiger partial charge in [0, 0.05) is 18.4 Å². The van der Waals surface area contributed by atoms with E-state index in [4.69, 9.17) is 0 Å². The zero-order valence-electron chi connectivity index (χ0n) is 9.32. The Kier molecular flexibility index (Phi) is 2.78. The molecule has 2 fully saturated rings. The second-order valence-corrected chi connectivity index (χ2v) is 4.72. The number of imide groups is 1. The molecule has 4 nitrogen and oxygen atoms in total. The summed E-state index contributed by atoms with van der Waals surface area (Å²) in [5, 5.41) is 3.25. The first-order valence-corrected chi connectivity index (χ1v) is 5.67. The molecule has 0 aromatic carbocycles. The Morgan fingerprint density at radius 1 is 1.27 bits per heavy atom. The fraction of sp³-hybridized carbons (Fsp3) is 0.818. The van der Waals surface area contributed by atoms with Crippen molar-refractivity contribution in [3.05, 3.63) is 0 Å². The van der Waals surface area contributed by atoms with Gasteiger partial charge in [-0.25, -0.2) is 0 Å². The maximum Gasteiger partial charge on any atom is 0.232 e. The first-order valence-electron chi connectivity index (χ1n) is 5.67. The molecule has 3 unspecified atom stereocenters. The quantitative estimate of drug-likeness (QED) is 0.664. The Hall–Kier alpha value is -0.900. The third-order valence-electron chi connectivity index (χ3n) is 3.66. The summed E-state index contributed by atoms with van der Waals surface area (Å²) < 4.78 is 0. The van der Waals surface area contributed by atoms with Gasteiger partial charge in [0.05, 0.1) is 0 Å². The first-order chi connectivity index (χ1) is 7.11. The van der Waals surface area contributed by atoms with Gasteiger partial charge in [-0.3, -0.25) is 14.5 Å². The molecule has 0 aromatic heterocycles. The molecule has 2 rings (SSSR count). The second kappa shape index (κ2) is 3.93. The minimum Gasteiger partial charge on any atom is -0.316 e. The SMILES string of the molecule is CC1C(=O)N(CC2CCNC2)C(=O)C1C. The van der Waals surface area contributed by atoms with Crippen molar-refractivity contribution in [2.24, 2.45) is 17.8 Å². The van der Waals surface area contributed by atoms with E-state index < -0.39 is 0 Å². The van der Waals surface area contributed by atoms with Gasteiger partial charge in [0.1, 0.15) is 0 Å². The third kappa shape index (κ3) is 1.78. The van der Waals surface area contributed by atoms with Crippen molar-refractivity contribution in [1.29, 1.82) is 0 Å². The molecule has 84 valence electrons. The number of carbonyl (C=O) groups excluding carboxylic acids is 2. The van der Waals surface area contributed by atoms with Gasteiger partial charge >= 0.3 is 0 Å². The van der Waals surface area contributed by atoms with Gasteiger partial charge in [0.15, 0.2) is 0 Å². The number of rotatable bonds is 2. The largest absolute Gasteiger partial charge is 0.316 e. The Morgan fingerprint density at radius 3 is 2.33 bits per heavy atom. The molecule has 0 saturated carbocycles. The predicted molar refractivity (Wildman–Crippen MR) is 56.0 cm³/mol. The molecule has 2 heterocycles. The van der Waals surface area contributed by atoms with E-state index in [1.807, 2.05) is 13.8 Å². The number of hydrogen-bond acceptors (Lipinski definition) is 3. The van der Waals surface area contributed by atoms with E-state index in [9.17, 15) is 9.59 Å². The van der Waals surface area contributed by atoms with Crippen LogP contribution in [-0.4, -0.2) is 36.3 Å². The summed E-state index contributed by atoms with van der Waals surface area (Å²) in [6, 6.07) is 0. The maximum absolute atomic E-state index is 11.8. The molecule has 0 aliphatic carbocycles. The van der Waals surface area contributed by atoms with Crippen LogP contribution in [0.25, 0.3) is 0 Å². The van der Waals surface area contributed by atoms with Crippen molar-refractivity contribution < 1.29 is 9.59 Å². The zero-order valence-corrected chi connectivity index (χ0v) is 9.32. The van der Waals surface area contributed by atoms with Crippen molar-refractivity contribution in [1.82, 2.24) is 10.2 Å². The number of hydrogen-bond donors (Lipinski definition) is 1. The molecule has 0 spiro atoms. The molecule has 2 aliphatic heterocycles. The highest BCUT2D eigenvalue weighted by molar-refractivity contribution is 6.04. The zero-order chi connectivity index (χ0) is 11.0. The van der Waals surface area contributed by atoms with E-state index in [-0.39, 0.29) is 23.7 Å². The lowest BCUT2D eigenvalue weighted by molar-refractivity contribution is -0.140. The summed E-state index contributed by atoms with van der Waals surface area (Å²) in [6.07, 6.45) is 1.07. The predicted octanol–water partition coefficient (Wildman–Crippen LogP) is 0.237. The van der Waals surface area contributed by atoms with Crippen LogP contribution in [0.15, 0.2) is 0 Å². The molecule has 1 N–H and O–H groups in total. The minimum atomic E-state index is -0.133. The summed E-state index contributed by atoms with van der Waals surface area (Å²) >= 11 is 0. The molecule has 4 heteroatoms. The lowest BCUT2D eigenvalue weighted by atomic mass is 10.00. The highest BCUT2D eigenvalue weighted by Crippen LogP contribution is 2.26. The Labute approximate surface area is 90.0 Å². The fourth-order valence-corrected chi connectivity index (χ4v) is 2.34. The van der Waals surface area contributed by atoms with Crippen LogP contribution in [0.2, 0.25) is 0 Å². The van der Waals surface area contributed by atoms with Crippen LogP contribution < -0.4 is 5.32 Å². The standard InChI is InChI=1S/C11H18N2O2/c1-7-8(2)11(15)13(10(7)14)6-9-3-4-12-5-9/h7-9,12H,3-6H2,1-2H3. The van der Waals surface area contributed by atoms with E-state index in [2.05, 4.69) is 5.32 Å². The molecule has 2 aliphatic rings. The highest BCUT2D eigenvalue weighted by atomic mass is 16.2. The van der Waals surface area contributed by atoms with Crippen molar-refractivity contribution in [3.8, 4) is 0 Å². The normalized spacial score (nSPS) is 36.7. The van der Waals surface area contributed by atoms with Crippen LogP contribution in [0.1, 0.15) is 20.3 Å². The smallest absolute Gasteiger partial charge is 0.232 e. The van der Waals surface area contributed by atoms with Crippen molar-refractivity contribution in [3.63, 3.8) is 0 Å². The van der Waals surface area contributed by atoms with Gasteiger partial charge in [-0.15, -0.1) is 0 Å². The minimum absolute atomic E-state index is 0.0133. The van der Waals surface area contributed by atoms with Crippen molar-refractivity contribution in [2.75, 3.05) is 19.6 Å². The van der Waals surface area contributed by atoms with E-state index in [1.54, 1.807) is 0 Å². The lowest BCUT2D eigenvalue weighted by Gasteiger charge is -2.18. The number of carbonyl (C=O) groups is 2. The number of amides is 2. The highest BCUT2D eigenvalue weighted by Gasteiger charge is 2.42. The molecule has 2 amide bonds. The first kappa shape index (κ1) is 10.6. The van der Waals surface area contributed by atoms with Gasteiger partial charge in [-0.2, -0.15) is 0 Å². The summed E-state index contributed by atoms with van der Waals surface area (Å²) in [6.45, 7) is 6.24. The summed E-state index contributed by atoms with van der Waals surface area (Å²) in [5.41, 5.74) is 0. The van der Waals surface area contributed by atoms with Gasteiger partial charge in [0.2, 0.25) is 11.8 Å². The number of likely N-dealkylation sites (tertiary alicyclic amines) is 1. The van der Waals surface area contributed by atoms with E-state index in [0.29, 0.717) is 12.5 Å². The van der Waals surface area contributed by atoms with E-state index >= 15 is 0 Å².